The highest BCUT2D eigenvalue weighted by atomic mass is 127. The summed E-state index contributed by atoms with van der Waals surface area (Å²) in [7, 11) is 1.66. The molecule has 1 aromatic heterocycles. The molecule has 0 saturated heterocycles. The third-order valence-electron chi connectivity index (χ3n) is 3.79. The minimum atomic E-state index is -0.509. The highest BCUT2D eigenvalue weighted by Gasteiger charge is 2.15. The first kappa shape index (κ1) is 25.7. The summed E-state index contributed by atoms with van der Waals surface area (Å²) in [6.45, 7) is 6.99. The number of hydrogen-bond acceptors (Lipinski definition) is 4. The number of ether oxygens (including phenoxy) is 1. The van der Waals surface area contributed by atoms with E-state index in [4.69, 9.17) is 4.74 Å². The molecular formula is C20H30FIN6O2. The molecule has 0 aliphatic carbocycles. The average Bonchev–Trinajstić information content (AvgIpc) is 3.17. The molecular weight excluding hydrogens is 502 g/mol. The molecule has 0 aliphatic rings. The summed E-state index contributed by atoms with van der Waals surface area (Å²) < 4.78 is 21.1. The molecule has 0 saturated carbocycles. The number of carbonyl (C=O) groups excluding carboxylic acids is 1. The number of rotatable bonds is 7. The van der Waals surface area contributed by atoms with Crippen molar-refractivity contribution in [3.8, 4) is 5.69 Å². The van der Waals surface area contributed by atoms with E-state index in [1.807, 2.05) is 26.8 Å². The summed E-state index contributed by atoms with van der Waals surface area (Å²) >= 11 is 0. The van der Waals surface area contributed by atoms with Gasteiger partial charge in [0.15, 0.2) is 5.96 Å². The van der Waals surface area contributed by atoms with Gasteiger partial charge in [-0.2, -0.15) is 0 Å². The fourth-order valence-electron chi connectivity index (χ4n) is 2.48. The van der Waals surface area contributed by atoms with Gasteiger partial charge in [0.05, 0.1) is 12.0 Å². The lowest BCUT2D eigenvalue weighted by Gasteiger charge is -2.19. The first-order chi connectivity index (χ1) is 13.8. The molecule has 166 valence electrons. The predicted octanol–water partition coefficient (Wildman–Crippen LogP) is 3.21. The van der Waals surface area contributed by atoms with Crippen LogP contribution in [0.15, 0.2) is 41.9 Å². The number of imidazole rings is 1. The van der Waals surface area contributed by atoms with Crippen LogP contribution in [-0.2, 0) is 11.3 Å². The predicted molar refractivity (Wildman–Crippen MR) is 126 cm³/mol. The first-order valence-corrected chi connectivity index (χ1v) is 9.46. The minimum Gasteiger partial charge on any atom is -0.444 e. The van der Waals surface area contributed by atoms with Crippen LogP contribution in [0.3, 0.4) is 0 Å². The fourth-order valence-corrected chi connectivity index (χ4v) is 2.48. The number of alkyl carbamates (subject to hydrolysis) is 1. The van der Waals surface area contributed by atoms with Gasteiger partial charge in [-0.3, -0.25) is 4.99 Å². The molecule has 10 heteroatoms. The van der Waals surface area contributed by atoms with E-state index in [9.17, 15) is 9.18 Å². The molecule has 1 heterocycles. The van der Waals surface area contributed by atoms with E-state index in [1.165, 1.54) is 6.07 Å². The second-order valence-corrected chi connectivity index (χ2v) is 7.39. The zero-order chi connectivity index (χ0) is 21.3. The van der Waals surface area contributed by atoms with Crippen molar-refractivity contribution in [2.24, 2.45) is 4.99 Å². The van der Waals surface area contributed by atoms with Crippen molar-refractivity contribution >= 4 is 36.0 Å². The molecule has 0 spiro atoms. The Morgan fingerprint density at radius 2 is 1.97 bits per heavy atom. The van der Waals surface area contributed by atoms with E-state index >= 15 is 0 Å². The molecule has 3 N–H and O–H groups in total. The smallest absolute Gasteiger partial charge is 0.407 e. The standard InChI is InChI=1S/C20H29FN6O2.HI/c1-20(2,3)29-19(28)25-9-5-8-24-18(22-4)26-13-15-6-7-17(16(21)12-15)27-11-10-23-14-27;/h6-7,10-12,14H,5,8-9,13H2,1-4H3,(H,25,28)(H2,22,24,26);1H. The van der Waals surface area contributed by atoms with Gasteiger partial charge in [-0.25, -0.2) is 14.2 Å². The quantitative estimate of drug-likeness (QED) is 0.221. The highest BCUT2D eigenvalue weighted by Crippen LogP contribution is 2.14. The number of nitrogens with one attached hydrogen (secondary N) is 3. The molecule has 8 nitrogen and oxygen atoms in total. The number of benzene rings is 1. The number of amides is 1. The average molecular weight is 532 g/mol. The minimum absolute atomic E-state index is 0. The Bertz CT molecular complexity index is 821. The SMILES string of the molecule is CN=C(NCCCNC(=O)OC(C)(C)C)NCc1ccc(-n2ccnc2)c(F)c1.I. The summed E-state index contributed by atoms with van der Waals surface area (Å²) in [5.41, 5.74) is 0.734. The molecule has 1 aromatic carbocycles. The molecule has 2 aromatic rings. The van der Waals surface area contributed by atoms with Crippen LogP contribution in [0.5, 0.6) is 0 Å². The Hall–Kier alpha value is -2.37. The van der Waals surface area contributed by atoms with Gasteiger partial charge < -0.3 is 25.3 Å². The van der Waals surface area contributed by atoms with Crippen LogP contribution in [0, 0.1) is 5.82 Å². The largest absolute Gasteiger partial charge is 0.444 e. The number of aromatic nitrogens is 2. The number of carbonyl (C=O) groups is 1. The van der Waals surface area contributed by atoms with E-state index in [0.717, 1.165) is 5.56 Å². The van der Waals surface area contributed by atoms with Crippen LogP contribution in [0.2, 0.25) is 0 Å². The Morgan fingerprint density at radius 1 is 1.23 bits per heavy atom. The molecule has 0 aliphatic heterocycles. The molecule has 30 heavy (non-hydrogen) atoms. The first-order valence-electron chi connectivity index (χ1n) is 9.46. The molecule has 0 fully saturated rings. The number of nitrogens with zero attached hydrogens (tertiary/aromatic N) is 3. The summed E-state index contributed by atoms with van der Waals surface area (Å²) in [5.74, 6) is 0.278. The van der Waals surface area contributed by atoms with Gasteiger partial charge in [-0.05, 0) is 44.9 Å². The summed E-state index contributed by atoms with van der Waals surface area (Å²) in [5, 5.41) is 8.99. The Morgan fingerprint density at radius 3 is 2.57 bits per heavy atom. The van der Waals surface area contributed by atoms with Gasteiger partial charge in [0.25, 0.3) is 0 Å². The van der Waals surface area contributed by atoms with Crippen molar-refractivity contribution < 1.29 is 13.9 Å². The van der Waals surface area contributed by atoms with Crippen LogP contribution in [0.4, 0.5) is 9.18 Å². The number of guanidine groups is 1. The lowest BCUT2D eigenvalue weighted by Crippen LogP contribution is -2.39. The van der Waals surface area contributed by atoms with Crippen LogP contribution < -0.4 is 16.0 Å². The van der Waals surface area contributed by atoms with Gasteiger partial charge in [-0.1, -0.05) is 6.07 Å². The van der Waals surface area contributed by atoms with Crippen LogP contribution in [-0.4, -0.2) is 47.3 Å². The lowest BCUT2D eigenvalue weighted by atomic mass is 10.2. The topological polar surface area (TPSA) is 92.6 Å². The number of halogens is 2. The van der Waals surface area contributed by atoms with E-state index in [1.54, 1.807) is 36.4 Å². The highest BCUT2D eigenvalue weighted by molar-refractivity contribution is 14.0. The molecule has 0 bridgehead atoms. The van der Waals surface area contributed by atoms with Crippen LogP contribution in [0.25, 0.3) is 5.69 Å². The third-order valence-corrected chi connectivity index (χ3v) is 3.79. The molecule has 0 atom stereocenters. The Labute approximate surface area is 193 Å². The maximum atomic E-state index is 14.3. The monoisotopic (exact) mass is 532 g/mol. The van der Waals surface area contributed by atoms with Crippen molar-refractivity contribution in [3.63, 3.8) is 0 Å². The molecule has 0 radical (unpaired) electrons. The maximum absolute atomic E-state index is 14.3. The molecule has 1 amide bonds. The second kappa shape index (κ2) is 12.4. The van der Waals surface area contributed by atoms with Crippen molar-refractivity contribution in [3.05, 3.63) is 48.3 Å². The van der Waals surface area contributed by atoms with Gasteiger partial charge in [0.2, 0.25) is 0 Å². The normalized spacial score (nSPS) is 11.4. The molecule has 2 rings (SSSR count). The van der Waals surface area contributed by atoms with E-state index < -0.39 is 11.7 Å². The zero-order valence-electron chi connectivity index (χ0n) is 17.7. The summed E-state index contributed by atoms with van der Waals surface area (Å²) in [6.07, 6.45) is 5.13. The van der Waals surface area contributed by atoms with Crippen molar-refractivity contribution in [1.82, 2.24) is 25.5 Å². The summed E-state index contributed by atoms with van der Waals surface area (Å²) in [4.78, 5) is 19.6. The Balaban J connectivity index is 0.00000450. The van der Waals surface area contributed by atoms with E-state index in [-0.39, 0.29) is 29.8 Å². The van der Waals surface area contributed by atoms with Crippen molar-refractivity contribution in [2.75, 3.05) is 20.1 Å². The Kier molecular flexibility index (Phi) is 10.6. The van der Waals surface area contributed by atoms with E-state index in [2.05, 4.69) is 25.9 Å². The number of hydrogen-bond donors (Lipinski definition) is 3. The zero-order valence-corrected chi connectivity index (χ0v) is 20.1. The second-order valence-electron chi connectivity index (χ2n) is 7.39. The van der Waals surface area contributed by atoms with Crippen LogP contribution >= 0.6 is 24.0 Å². The van der Waals surface area contributed by atoms with Crippen molar-refractivity contribution in [1.29, 1.82) is 0 Å². The van der Waals surface area contributed by atoms with Gasteiger partial charge in [0.1, 0.15) is 11.4 Å². The van der Waals surface area contributed by atoms with Crippen LogP contribution in [0.1, 0.15) is 32.8 Å². The van der Waals surface area contributed by atoms with Gasteiger partial charge >= 0.3 is 6.09 Å². The number of aliphatic imine (C=N–C) groups is 1. The van der Waals surface area contributed by atoms with Gasteiger partial charge in [-0.15, -0.1) is 24.0 Å². The van der Waals surface area contributed by atoms with Gasteiger partial charge in [0, 0.05) is 39.1 Å². The van der Waals surface area contributed by atoms with Crippen molar-refractivity contribution in [2.45, 2.75) is 39.3 Å². The third kappa shape index (κ3) is 8.97. The lowest BCUT2D eigenvalue weighted by molar-refractivity contribution is 0.0527. The molecule has 0 unspecified atom stereocenters. The van der Waals surface area contributed by atoms with E-state index in [0.29, 0.717) is 37.7 Å². The summed E-state index contributed by atoms with van der Waals surface area (Å²) in [6, 6.07) is 5.05. The fraction of sp³-hybridized carbons (Fsp3) is 0.450. The maximum Gasteiger partial charge on any atom is 0.407 e.